The van der Waals surface area contributed by atoms with E-state index in [0.717, 1.165) is 22.5 Å². The van der Waals surface area contributed by atoms with Gasteiger partial charge in [-0.3, -0.25) is 4.57 Å². The summed E-state index contributed by atoms with van der Waals surface area (Å²) in [5.41, 5.74) is 4.45. The van der Waals surface area contributed by atoms with E-state index in [0.29, 0.717) is 10.7 Å². The second kappa shape index (κ2) is 5.37. The maximum absolute atomic E-state index is 5.53. The van der Waals surface area contributed by atoms with Crippen molar-refractivity contribution in [1.29, 1.82) is 0 Å². The van der Waals surface area contributed by atoms with Gasteiger partial charge in [0, 0.05) is 6.07 Å². The van der Waals surface area contributed by atoms with Crippen molar-refractivity contribution in [2.75, 3.05) is 7.11 Å². The van der Waals surface area contributed by atoms with Gasteiger partial charge in [-0.05, 0) is 41.9 Å². The molecule has 0 saturated heterocycles. The van der Waals surface area contributed by atoms with E-state index in [2.05, 4.69) is 41.6 Å². The van der Waals surface area contributed by atoms with Crippen molar-refractivity contribution in [3.63, 3.8) is 0 Å². The molecule has 1 heterocycles. The molecule has 108 valence electrons. The zero-order chi connectivity index (χ0) is 15.0. The van der Waals surface area contributed by atoms with Gasteiger partial charge >= 0.3 is 0 Å². The molecule has 3 aromatic rings. The summed E-state index contributed by atoms with van der Waals surface area (Å²) in [4.78, 5) is 3.27. The lowest BCUT2D eigenvalue weighted by atomic mass is 10.0. The van der Waals surface area contributed by atoms with Crippen LogP contribution in [0.15, 0.2) is 42.5 Å². The molecule has 3 nitrogen and oxygen atoms in total. The van der Waals surface area contributed by atoms with Crippen LogP contribution in [0.2, 0.25) is 0 Å². The van der Waals surface area contributed by atoms with Crippen molar-refractivity contribution in [1.82, 2.24) is 9.55 Å². The fourth-order valence-electron chi connectivity index (χ4n) is 2.63. The van der Waals surface area contributed by atoms with Crippen LogP contribution in [-0.2, 0) is 0 Å². The molecule has 21 heavy (non-hydrogen) atoms. The molecule has 0 spiro atoms. The third-order valence-electron chi connectivity index (χ3n) is 3.69. The summed E-state index contributed by atoms with van der Waals surface area (Å²) in [7, 11) is 1.68. The number of nitrogens with one attached hydrogen (secondary N) is 1. The van der Waals surface area contributed by atoms with E-state index in [1.165, 1.54) is 5.56 Å². The maximum Gasteiger partial charge on any atom is 0.182 e. The van der Waals surface area contributed by atoms with E-state index in [1.807, 2.05) is 24.3 Å². The van der Waals surface area contributed by atoms with Gasteiger partial charge in [0.2, 0.25) is 0 Å². The van der Waals surface area contributed by atoms with Gasteiger partial charge in [-0.1, -0.05) is 32.0 Å². The van der Waals surface area contributed by atoms with Gasteiger partial charge in [0.05, 0.1) is 23.8 Å². The fraction of sp³-hybridized carbons (Fsp3) is 0.235. The number of rotatable bonds is 3. The van der Waals surface area contributed by atoms with Crippen LogP contribution in [0.5, 0.6) is 5.75 Å². The number of methoxy groups -OCH3 is 1. The number of ether oxygens (including phenoxy) is 1. The summed E-state index contributed by atoms with van der Waals surface area (Å²) < 4.78 is 8.13. The first-order valence-electron chi connectivity index (χ1n) is 7.00. The highest BCUT2D eigenvalue weighted by Gasteiger charge is 2.12. The highest BCUT2D eigenvalue weighted by molar-refractivity contribution is 7.71. The van der Waals surface area contributed by atoms with Gasteiger partial charge in [0.15, 0.2) is 4.77 Å². The molecule has 1 aromatic heterocycles. The number of benzene rings is 2. The Hall–Kier alpha value is -2.07. The molecule has 0 saturated carbocycles. The summed E-state index contributed by atoms with van der Waals surface area (Å²) in [5, 5.41) is 0. The predicted molar refractivity (Wildman–Crippen MR) is 89.1 cm³/mol. The van der Waals surface area contributed by atoms with E-state index >= 15 is 0 Å². The number of aromatic amines is 1. The average Bonchev–Trinajstić information content (AvgIpc) is 2.81. The van der Waals surface area contributed by atoms with Crippen LogP contribution in [-0.4, -0.2) is 16.7 Å². The number of imidazole rings is 1. The summed E-state index contributed by atoms with van der Waals surface area (Å²) in [5.74, 6) is 1.26. The SMILES string of the molecule is COc1ccc2[nH]c(=S)n(-c3ccccc3C(C)C)c2c1. The van der Waals surface area contributed by atoms with Crippen molar-refractivity contribution in [3.8, 4) is 11.4 Å². The van der Waals surface area contributed by atoms with Gasteiger partial charge in [-0.2, -0.15) is 0 Å². The minimum atomic E-state index is 0.429. The Kier molecular flexibility index (Phi) is 3.55. The van der Waals surface area contributed by atoms with E-state index in [-0.39, 0.29) is 0 Å². The van der Waals surface area contributed by atoms with E-state index in [9.17, 15) is 0 Å². The number of H-pyrrole nitrogens is 1. The van der Waals surface area contributed by atoms with Crippen molar-refractivity contribution in [2.24, 2.45) is 0 Å². The number of aromatic nitrogens is 2. The molecular formula is C17H18N2OS. The molecule has 0 aliphatic rings. The second-order valence-corrected chi connectivity index (χ2v) is 5.75. The smallest absolute Gasteiger partial charge is 0.182 e. The minimum Gasteiger partial charge on any atom is -0.497 e. The normalized spacial score (nSPS) is 11.2. The molecular weight excluding hydrogens is 280 g/mol. The van der Waals surface area contributed by atoms with Crippen molar-refractivity contribution < 1.29 is 4.74 Å². The minimum absolute atomic E-state index is 0.429. The Morgan fingerprint density at radius 3 is 2.62 bits per heavy atom. The molecule has 0 unspecified atom stereocenters. The number of para-hydroxylation sites is 1. The molecule has 1 N–H and O–H groups in total. The molecule has 0 aliphatic carbocycles. The highest BCUT2D eigenvalue weighted by Crippen LogP contribution is 2.28. The fourth-order valence-corrected chi connectivity index (χ4v) is 2.93. The summed E-state index contributed by atoms with van der Waals surface area (Å²) in [6.07, 6.45) is 0. The first kappa shape index (κ1) is 13.9. The molecule has 0 radical (unpaired) electrons. The van der Waals surface area contributed by atoms with Crippen LogP contribution in [0.3, 0.4) is 0 Å². The Bertz CT molecular complexity index is 845. The summed E-state index contributed by atoms with van der Waals surface area (Å²) >= 11 is 5.53. The van der Waals surface area contributed by atoms with E-state index in [4.69, 9.17) is 17.0 Å². The van der Waals surface area contributed by atoms with Gasteiger partial charge in [0.1, 0.15) is 5.75 Å². The zero-order valence-corrected chi connectivity index (χ0v) is 13.2. The van der Waals surface area contributed by atoms with Crippen molar-refractivity contribution in [2.45, 2.75) is 19.8 Å². The summed E-state index contributed by atoms with van der Waals surface area (Å²) in [6, 6.07) is 14.3. The monoisotopic (exact) mass is 298 g/mol. The third kappa shape index (κ3) is 2.36. The zero-order valence-electron chi connectivity index (χ0n) is 12.4. The standard InChI is InChI=1S/C17H18N2OS/c1-11(2)13-6-4-5-7-15(13)19-16-10-12(20-3)8-9-14(16)18-17(19)21/h4-11H,1-3H3,(H,18,21). The van der Waals surface area contributed by atoms with Crippen LogP contribution in [0.1, 0.15) is 25.3 Å². The predicted octanol–water partition coefficient (Wildman–Crippen LogP) is 4.82. The highest BCUT2D eigenvalue weighted by atomic mass is 32.1. The third-order valence-corrected chi connectivity index (χ3v) is 3.97. The Balaban J connectivity index is 2.35. The lowest BCUT2D eigenvalue weighted by Crippen LogP contribution is -2.01. The van der Waals surface area contributed by atoms with Gasteiger partial charge in [0.25, 0.3) is 0 Å². The van der Waals surface area contributed by atoms with Crippen LogP contribution in [0.25, 0.3) is 16.7 Å². The molecule has 0 amide bonds. The largest absolute Gasteiger partial charge is 0.497 e. The number of hydrogen-bond acceptors (Lipinski definition) is 2. The van der Waals surface area contributed by atoms with Crippen molar-refractivity contribution >= 4 is 23.3 Å². The van der Waals surface area contributed by atoms with Gasteiger partial charge in [-0.15, -0.1) is 0 Å². The molecule has 4 heteroatoms. The molecule has 0 atom stereocenters. The molecule has 0 aliphatic heterocycles. The lowest BCUT2D eigenvalue weighted by molar-refractivity contribution is 0.415. The first-order chi connectivity index (χ1) is 10.1. The van der Waals surface area contributed by atoms with Crippen LogP contribution < -0.4 is 4.74 Å². The Morgan fingerprint density at radius 1 is 1.14 bits per heavy atom. The first-order valence-corrected chi connectivity index (χ1v) is 7.40. The molecule has 0 bridgehead atoms. The Labute approximate surface area is 129 Å². The number of nitrogens with zero attached hydrogens (tertiary/aromatic N) is 1. The topological polar surface area (TPSA) is 29.9 Å². The quantitative estimate of drug-likeness (QED) is 0.703. The number of hydrogen-bond donors (Lipinski definition) is 1. The van der Waals surface area contributed by atoms with E-state index in [1.54, 1.807) is 7.11 Å². The lowest BCUT2D eigenvalue weighted by Gasteiger charge is -2.14. The van der Waals surface area contributed by atoms with Gasteiger partial charge in [-0.25, -0.2) is 0 Å². The van der Waals surface area contributed by atoms with E-state index < -0.39 is 0 Å². The average molecular weight is 298 g/mol. The maximum atomic E-state index is 5.53. The summed E-state index contributed by atoms with van der Waals surface area (Å²) in [6.45, 7) is 4.38. The molecule has 0 fully saturated rings. The van der Waals surface area contributed by atoms with Crippen LogP contribution in [0.4, 0.5) is 0 Å². The van der Waals surface area contributed by atoms with Crippen LogP contribution in [0, 0.1) is 4.77 Å². The van der Waals surface area contributed by atoms with Crippen molar-refractivity contribution in [3.05, 3.63) is 52.8 Å². The Morgan fingerprint density at radius 2 is 1.90 bits per heavy atom. The second-order valence-electron chi connectivity index (χ2n) is 5.36. The number of fused-ring (bicyclic) bond motifs is 1. The van der Waals surface area contributed by atoms with Crippen LogP contribution >= 0.6 is 12.2 Å². The molecule has 3 rings (SSSR count). The van der Waals surface area contributed by atoms with Gasteiger partial charge < -0.3 is 9.72 Å². The molecule has 2 aromatic carbocycles.